The Morgan fingerprint density at radius 1 is 0.312 bits per heavy atom. The summed E-state index contributed by atoms with van der Waals surface area (Å²) < 4.78 is 68.1. The molecule has 0 saturated heterocycles. The van der Waals surface area contributed by atoms with E-state index in [1.807, 2.05) is 24.3 Å². The summed E-state index contributed by atoms with van der Waals surface area (Å²) in [5.41, 5.74) is 0. The van der Waals surface area contributed by atoms with Gasteiger partial charge in [-0.3, -0.25) is 37.3 Å². The zero-order valence-corrected chi connectivity index (χ0v) is 61.0. The quantitative estimate of drug-likeness (QED) is 0.0169. The second-order valence-corrected chi connectivity index (χ2v) is 26.3. The van der Waals surface area contributed by atoms with Gasteiger partial charge in [0.25, 0.3) is 0 Å². The molecule has 0 heterocycles. The summed E-state index contributed by atoms with van der Waals surface area (Å²) in [6.45, 7) is 4.34. The molecule has 96 heavy (non-hydrogen) atoms. The van der Waals surface area contributed by atoms with Gasteiger partial charge in [0.2, 0.25) is 0 Å². The molecule has 0 amide bonds. The lowest BCUT2D eigenvalue weighted by Gasteiger charge is -2.21. The van der Waals surface area contributed by atoms with Crippen molar-refractivity contribution in [2.45, 2.75) is 277 Å². The standard InChI is InChI=1S/C77H126O17P2/c1-5-9-13-17-21-25-29-32-34-35-37-39-43-46-50-54-58-62-75(80)88-68-73(94-77(82)64-60-56-52-48-44-40-36-33-30-26-22-18-14-10-6-2)70-92-96(85,86)90-66-71(78)65-89-95(83,84)91-69-72(93-76(81)63-59-55-51-47-41-28-24-20-16-12-8-4)67-87-74(79)61-57-53-49-45-42-38-31-27-23-19-15-11-7-3/h9-10,13-15,19,21-22,25-27,31-34,36-37,39,44,46,48,50,56,60,71-73,78H,5-8,11-12,16-18,20,23-24,28-30,35,38,40-43,45,47,49,51-55,57-59,61-70H2,1-4H3,(H,83,84)(H,85,86)/b13-9-,14-10-,19-15-,25-21-,26-22-,31-27-,34-32-,36-33-,39-37-,48-44-,50-46-,60-56-. The minimum atomic E-state index is -5.01. The number of hydrogen-bond donors (Lipinski definition) is 3. The van der Waals surface area contributed by atoms with Crippen molar-refractivity contribution >= 4 is 39.5 Å². The third kappa shape index (κ3) is 67.5. The Morgan fingerprint density at radius 2 is 0.615 bits per heavy atom. The van der Waals surface area contributed by atoms with E-state index in [1.54, 1.807) is 12.2 Å². The summed E-state index contributed by atoms with van der Waals surface area (Å²) in [6, 6.07) is 0. The Balaban J connectivity index is 5.47. The molecule has 0 spiro atoms. The van der Waals surface area contributed by atoms with Gasteiger partial charge >= 0.3 is 39.5 Å². The van der Waals surface area contributed by atoms with Crippen molar-refractivity contribution in [1.29, 1.82) is 0 Å². The molecule has 5 unspecified atom stereocenters. The van der Waals surface area contributed by atoms with Gasteiger partial charge in [-0.15, -0.1) is 0 Å². The summed E-state index contributed by atoms with van der Waals surface area (Å²) >= 11 is 0. The number of carbonyl (C=O) groups is 4. The Labute approximate surface area is 579 Å². The highest BCUT2D eigenvalue weighted by atomic mass is 31.2. The first-order chi connectivity index (χ1) is 46.7. The normalized spacial score (nSPS) is 14.9. The van der Waals surface area contributed by atoms with Crippen molar-refractivity contribution in [2.75, 3.05) is 39.6 Å². The average molecular weight is 1390 g/mol. The molecule has 0 aromatic heterocycles. The van der Waals surface area contributed by atoms with Gasteiger partial charge in [0.15, 0.2) is 12.2 Å². The fraction of sp³-hybridized carbons (Fsp3) is 0.636. The highest BCUT2D eigenvalue weighted by molar-refractivity contribution is 7.47. The van der Waals surface area contributed by atoms with Gasteiger partial charge in [-0.05, 0) is 116 Å². The number of carbonyl (C=O) groups excluding carboxylic acids is 4. The number of allylic oxidation sites excluding steroid dienone is 23. The third-order valence-corrected chi connectivity index (χ3v) is 16.2. The van der Waals surface area contributed by atoms with Crippen LogP contribution >= 0.6 is 15.6 Å². The molecule has 17 nitrogen and oxygen atoms in total. The number of esters is 4. The number of phosphoric acid groups is 2. The number of phosphoric ester groups is 2. The van der Waals surface area contributed by atoms with Crippen LogP contribution in [0.1, 0.15) is 259 Å². The van der Waals surface area contributed by atoms with Crippen molar-refractivity contribution in [2.24, 2.45) is 0 Å². The van der Waals surface area contributed by atoms with Crippen LogP contribution < -0.4 is 0 Å². The smallest absolute Gasteiger partial charge is 0.462 e. The van der Waals surface area contributed by atoms with E-state index in [0.717, 1.165) is 135 Å². The van der Waals surface area contributed by atoms with Crippen molar-refractivity contribution in [1.82, 2.24) is 0 Å². The van der Waals surface area contributed by atoms with E-state index in [1.165, 1.54) is 38.5 Å². The first-order valence-electron chi connectivity index (χ1n) is 36.1. The van der Waals surface area contributed by atoms with Crippen molar-refractivity contribution < 1.29 is 80.2 Å². The van der Waals surface area contributed by atoms with Crippen molar-refractivity contribution in [3.8, 4) is 0 Å². The molecule has 0 radical (unpaired) electrons. The van der Waals surface area contributed by atoms with Gasteiger partial charge in [0, 0.05) is 19.3 Å². The SMILES string of the molecule is CC/C=C\C/C=C\C/C=C\C/C=C\C/C=C\CCCC(=O)OCC(COP(=O)(O)OCC(O)COP(=O)(O)OCC(COC(=O)CCCCCCC/C=C\C/C=C\CCC)OC(=O)CCCCCCCCCCCCC)OC(=O)C/C=C\C/C=C\C/C=C\C/C=C\C/C=C\CC. The van der Waals surface area contributed by atoms with Crippen LogP contribution in [-0.2, 0) is 65.4 Å². The van der Waals surface area contributed by atoms with Gasteiger partial charge in [-0.1, -0.05) is 263 Å². The van der Waals surface area contributed by atoms with Gasteiger partial charge in [-0.2, -0.15) is 0 Å². The van der Waals surface area contributed by atoms with Crippen LogP contribution in [0, 0.1) is 0 Å². The van der Waals surface area contributed by atoms with Crippen LogP contribution in [0.3, 0.4) is 0 Å². The molecule has 0 aliphatic heterocycles. The maximum atomic E-state index is 13.0. The molecule has 0 fully saturated rings. The average Bonchev–Trinajstić information content (AvgIpc) is 2.18. The lowest BCUT2D eigenvalue weighted by Crippen LogP contribution is -2.30. The fourth-order valence-electron chi connectivity index (χ4n) is 8.90. The lowest BCUT2D eigenvalue weighted by molar-refractivity contribution is -0.161. The summed E-state index contributed by atoms with van der Waals surface area (Å²) in [7, 11) is -10.00. The van der Waals surface area contributed by atoms with E-state index >= 15 is 0 Å². The molecule has 3 N–H and O–H groups in total. The van der Waals surface area contributed by atoms with E-state index in [9.17, 15) is 43.2 Å². The van der Waals surface area contributed by atoms with Crippen LogP contribution in [0.4, 0.5) is 0 Å². The highest BCUT2D eigenvalue weighted by Crippen LogP contribution is 2.45. The first-order valence-corrected chi connectivity index (χ1v) is 39.1. The molecule has 0 rings (SSSR count). The van der Waals surface area contributed by atoms with E-state index in [-0.39, 0.29) is 25.7 Å². The van der Waals surface area contributed by atoms with E-state index in [0.29, 0.717) is 32.1 Å². The lowest BCUT2D eigenvalue weighted by atomic mass is 10.1. The number of rotatable bonds is 66. The minimum Gasteiger partial charge on any atom is -0.462 e. The van der Waals surface area contributed by atoms with E-state index < -0.39 is 97.5 Å². The van der Waals surface area contributed by atoms with Crippen LogP contribution in [0.15, 0.2) is 146 Å². The molecule has 19 heteroatoms. The van der Waals surface area contributed by atoms with E-state index in [2.05, 4.69) is 137 Å². The van der Waals surface area contributed by atoms with Gasteiger partial charge in [-0.25, -0.2) is 9.13 Å². The maximum Gasteiger partial charge on any atom is 0.472 e. The summed E-state index contributed by atoms with van der Waals surface area (Å²) in [6.07, 6.45) is 76.1. The predicted molar refractivity (Wildman–Crippen MR) is 390 cm³/mol. The second kappa shape index (κ2) is 68.5. The Hall–Kier alpha value is -5.06. The molecule has 0 saturated carbocycles. The second-order valence-electron chi connectivity index (χ2n) is 23.4. The number of aliphatic hydroxyl groups excluding tert-OH is 1. The monoisotopic (exact) mass is 1380 g/mol. The van der Waals surface area contributed by atoms with Crippen molar-refractivity contribution in [3.63, 3.8) is 0 Å². The van der Waals surface area contributed by atoms with Crippen LogP contribution in [-0.4, -0.2) is 96.7 Å². The summed E-state index contributed by atoms with van der Waals surface area (Å²) in [5.74, 6) is -2.42. The Morgan fingerprint density at radius 3 is 1.01 bits per heavy atom. The minimum absolute atomic E-state index is 0.0591. The maximum absolute atomic E-state index is 13.0. The van der Waals surface area contributed by atoms with Crippen LogP contribution in [0.25, 0.3) is 0 Å². The number of aliphatic hydroxyl groups is 1. The summed E-state index contributed by atoms with van der Waals surface area (Å²) in [4.78, 5) is 72.6. The van der Waals surface area contributed by atoms with Crippen LogP contribution in [0.5, 0.6) is 0 Å². The Kier molecular flexibility index (Phi) is 64.9. The largest absolute Gasteiger partial charge is 0.472 e. The number of hydrogen-bond acceptors (Lipinski definition) is 15. The zero-order valence-electron chi connectivity index (χ0n) is 59.2. The van der Waals surface area contributed by atoms with Gasteiger partial charge in [0.05, 0.1) is 32.8 Å². The third-order valence-electron chi connectivity index (χ3n) is 14.3. The zero-order chi connectivity index (χ0) is 70.4. The molecule has 546 valence electrons. The molecular formula is C77H126O17P2. The number of ether oxygens (including phenoxy) is 4. The van der Waals surface area contributed by atoms with Crippen molar-refractivity contribution in [3.05, 3.63) is 146 Å². The van der Waals surface area contributed by atoms with Gasteiger partial charge < -0.3 is 33.8 Å². The molecular weight excluding hydrogens is 1260 g/mol. The molecule has 5 atom stereocenters. The Bertz CT molecular complexity index is 2400. The molecule has 0 aromatic rings. The first kappa shape index (κ1) is 90.9. The number of unbranched alkanes of at least 4 members (excludes halogenated alkanes) is 17. The summed E-state index contributed by atoms with van der Waals surface area (Å²) in [5, 5.41) is 10.6. The fourth-order valence-corrected chi connectivity index (χ4v) is 10.5. The molecule has 0 aliphatic carbocycles. The molecule has 0 bridgehead atoms. The topological polar surface area (TPSA) is 237 Å². The van der Waals surface area contributed by atoms with Gasteiger partial charge in [0.1, 0.15) is 19.3 Å². The molecule has 0 aromatic carbocycles. The molecule has 0 aliphatic rings. The van der Waals surface area contributed by atoms with E-state index in [4.69, 9.17) is 37.0 Å². The van der Waals surface area contributed by atoms with Crippen LogP contribution in [0.2, 0.25) is 0 Å². The highest BCUT2D eigenvalue weighted by Gasteiger charge is 2.30. The predicted octanol–water partition coefficient (Wildman–Crippen LogP) is 20.3.